The van der Waals surface area contributed by atoms with Crippen molar-refractivity contribution in [1.82, 2.24) is 0 Å². The largest absolute Gasteiger partial charge is 0.396 e. The van der Waals surface area contributed by atoms with Crippen LogP contribution in [-0.2, 0) is 5.41 Å². The van der Waals surface area contributed by atoms with E-state index >= 15 is 0 Å². The Morgan fingerprint density at radius 2 is 1.56 bits per heavy atom. The van der Waals surface area contributed by atoms with Gasteiger partial charge in [-0.2, -0.15) is 0 Å². The molecule has 0 atom stereocenters. The second kappa shape index (κ2) is 7.42. The van der Waals surface area contributed by atoms with Crippen LogP contribution in [0.4, 0.5) is 5.69 Å². The number of rotatable bonds is 7. The smallest absolute Gasteiger partial charge is 0.0431 e. The van der Waals surface area contributed by atoms with Crippen molar-refractivity contribution in [2.45, 2.75) is 51.9 Å². The number of hydrogen-bond acceptors (Lipinski definition) is 2. The SMILES string of the molecule is CC(C)(C)c1ccc(NCCCCCCO)cc1. The predicted octanol–water partition coefficient (Wildman–Crippen LogP) is 3.95. The summed E-state index contributed by atoms with van der Waals surface area (Å²) < 4.78 is 0. The number of unbranched alkanes of at least 4 members (excludes halogenated alkanes) is 3. The average molecular weight is 249 g/mol. The van der Waals surface area contributed by atoms with Crippen LogP contribution in [0.5, 0.6) is 0 Å². The highest BCUT2D eigenvalue weighted by Crippen LogP contribution is 2.23. The van der Waals surface area contributed by atoms with Crippen LogP contribution in [0.25, 0.3) is 0 Å². The van der Waals surface area contributed by atoms with Crippen molar-refractivity contribution < 1.29 is 5.11 Å². The molecule has 2 N–H and O–H groups in total. The zero-order valence-electron chi connectivity index (χ0n) is 12.0. The first-order valence-electron chi connectivity index (χ1n) is 6.99. The van der Waals surface area contributed by atoms with Gasteiger partial charge in [0.25, 0.3) is 0 Å². The van der Waals surface area contributed by atoms with Gasteiger partial charge in [-0.1, -0.05) is 45.7 Å². The van der Waals surface area contributed by atoms with Gasteiger partial charge in [-0.3, -0.25) is 0 Å². The second-order valence-corrected chi connectivity index (χ2v) is 5.89. The van der Waals surface area contributed by atoms with Crippen molar-refractivity contribution in [2.75, 3.05) is 18.5 Å². The van der Waals surface area contributed by atoms with Gasteiger partial charge in [0.2, 0.25) is 0 Å². The fourth-order valence-electron chi connectivity index (χ4n) is 1.91. The van der Waals surface area contributed by atoms with Crippen LogP contribution in [0.1, 0.15) is 52.0 Å². The highest BCUT2D eigenvalue weighted by Gasteiger charge is 2.12. The van der Waals surface area contributed by atoms with E-state index in [2.05, 4.69) is 50.4 Å². The van der Waals surface area contributed by atoms with E-state index in [-0.39, 0.29) is 5.41 Å². The molecule has 102 valence electrons. The van der Waals surface area contributed by atoms with Crippen LogP contribution in [0.2, 0.25) is 0 Å². The zero-order valence-corrected chi connectivity index (χ0v) is 12.0. The van der Waals surface area contributed by atoms with Crippen molar-refractivity contribution in [2.24, 2.45) is 0 Å². The van der Waals surface area contributed by atoms with E-state index in [0.29, 0.717) is 6.61 Å². The molecule has 0 saturated heterocycles. The van der Waals surface area contributed by atoms with Crippen LogP contribution in [0.15, 0.2) is 24.3 Å². The Hall–Kier alpha value is -1.02. The van der Waals surface area contributed by atoms with Crippen molar-refractivity contribution in [3.05, 3.63) is 29.8 Å². The summed E-state index contributed by atoms with van der Waals surface area (Å²) >= 11 is 0. The molecular formula is C16H27NO. The average Bonchev–Trinajstić information content (AvgIpc) is 2.33. The molecule has 0 heterocycles. The molecule has 0 aliphatic carbocycles. The van der Waals surface area contributed by atoms with E-state index < -0.39 is 0 Å². The monoisotopic (exact) mass is 249 g/mol. The Morgan fingerprint density at radius 1 is 0.944 bits per heavy atom. The summed E-state index contributed by atoms with van der Waals surface area (Å²) in [5.74, 6) is 0. The first-order valence-corrected chi connectivity index (χ1v) is 6.99. The zero-order chi connectivity index (χ0) is 13.4. The van der Waals surface area contributed by atoms with E-state index in [1.165, 1.54) is 24.1 Å². The molecule has 0 saturated carbocycles. The molecule has 0 radical (unpaired) electrons. The molecule has 2 nitrogen and oxygen atoms in total. The van der Waals surface area contributed by atoms with Crippen LogP contribution >= 0.6 is 0 Å². The van der Waals surface area contributed by atoms with Crippen molar-refractivity contribution in [3.8, 4) is 0 Å². The van der Waals surface area contributed by atoms with Gasteiger partial charge in [0.15, 0.2) is 0 Å². The number of nitrogens with one attached hydrogen (secondary N) is 1. The molecule has 0 aliphatic rings. The first kappa shape index (κ1) is 15.0. The molecule has 0 fully saturated rings. The molecule has 18 heavy (non-hydrogen) atoms. The van der Waals surface area contributed by atoms with E-state index in [1.807, 2.05) is 0 Å². The van der Waals surface area contributed by atoms with Crippen molar-refractivity contribution >= 4 is 5.69 Å². The standard InChI is InChI=1S/C16H27NO/c1-16(2,3)14-8-10-15(11-9-14)17-12-6-4-5-7-13-18/h8-11,17-18H,4-7,12-13H2,1-3H3. The molecule has 0 unspecified atom stereocenters. The Kier molecular flexibility index (Phi) is 6.20. The van der Waals surface area contributed by atoms with Gasteiger partial charge in [-0.15, -0.1) is 0 Å². The minimum atomic E-state index is 0.225. The Morgan fingerprint density at radius 3 is 2.11 bits per heavy atom. The molecule has 0 aliphatic heterocycles. The molecule has 1 aromatic carbocycles. The lowest BCUT2D eigenvalue weighted by Gasteiger charge is -2.19. The van der Waals surface area contributed by atoms with Gasteiger partial charge in [-0.25, -0.2) is 0 Å². The van der Waals surface area contributed by atoms with Crippen LogP contribution < -0.4 is 5.32 Å². The maximum Gasteiger partial charge on any atom is 0.0431 e. The lowest BCUT2D eigenvalue weighted by Crippen LogP contribution is -2.11. The molecule has 0 aromatic heterocycles. The van der Waals surface area contributed by atoms with Crippen molar-refractivity contribution in [1.29, 1.82) is 0 Å². The third-order valence-corrected chi connectivity index (χ3v) is 3.16. The number of hydrogen-bond donors (Lipinski definition) is 2. The number of aliphatic hydroxyl groups is 1. The molecular weight excluding hydrogens is 222 g/mol. The second-order valence-electron chi connectivity index (χ2n) is 5.89. The summed E-state index contributed by atoms with van der Waals surface area (Å²) in [6, 6.07) is 8.73. The van der Waals surface area contributed by atoms with E-state index in [4.69, 9.17) is 5.11 Å². The number of anilines is 1. The molecule has 0 spiro atoms. The summed E-state index contributed by atoms with van der Waals surface area (Å²) in [5.41, 5.74) is 2.80. The van der Waals surface area contributed by atoms with E-state index in [9.17, 15) is 0 Å². The van der Waals surface area contributed by atoms with Gasteiger partial charge < -0.3 is 10.4 Å². The van der Waals surface area contributed by atoms with Gasteiger partial charge in [0.05, 0.1) is 0 Å². The summed E-state index contributed by atoms with van der Waals surface area (Å²) in [6.07, 6.45) is 4.41. The third-order valence-electron chi connectivity index (χ3n) is 3.16. The summed E-state index contributed by atoms with van der Waals surface area (Å²) in [6.45, 7) is 8.03. The minimum absolute atomic E-state index is 0.225. The Bertz CT molecular complexity index is 324. The Balaban J connectivity index is 2.27. The lowest BCUT2D eigenvalue weighted by atomic mass is 9.87. The highest BCUT2D eigenvalue weighted by molar-refractivity contribution is 5.45. The van der Waals surface area contributed by atoms with Gasteiger partial charge in [-0.05, 0) is 36.0 Å². The normalized spacial score (nSPS) is 11.6. The van der Waals surface area contributed by atoms with Crippen LogP contribution in [0, 0.1) is 0 Å². The third kappa shape index (κ3) is 5.54. The van der Waals surface area contributed by atoms with Gasteiger partial charge >= 0.3 is 0 Å². The summed E-state index contributed by atoms with van der Waals surface area (Å²) in [5, 5.41) is 12.1. The van der Waals surface area contributed by atoms with E-state index in [1.54, 1.807) is 0 Å². The van der Waals surface area contributed by atoms with Crippen LogP contribution in [0.3, 0.4) is 0 Å². The minimum Gasteiger partial charge on any atom is -0.396 e. The fourth-order valence-corrected chi connectivity index (χ4v) is 1.91. The summed E-state index contributed by atoms with van der Waals surface area (Å²) in [4.78, 5) is 0. The predicted molar refractivity (Wildman–Crippen MR) is 79.2 cm³/mol. The maximum absolute atomic E-state index is 8.68. The van der Waals surface area contributed by atoms with E-state index in [0.717, 1.165) is 19.4 Å². The molecule has 1 aromatic rings. The molecule has 0 bridgehead atoms. The first-order chi connectivity index (χ1) is 8.54. The maximum atomic E-state index is 8.68. The highest BCUT2D eigenvalue weighted by atomic mass is 16.2. The quantitative estimate of drug-likeness (QED) is 0.717. The number of aliphatic hydroxyl groups excluding tert-OH is 1. The van der Waals surface area contributed by atoms with Crippen LogP contribution in [-0.4, -0.2) is 18.3 Å². The number of benzene rings is 1. The van der Waals surface area contributed by atoms with Gasteiger partial charge in [0, 0.05) is 18.8 Å². The molecule has 1 rings (SSSR count). The lowest BCUT2D eigenvalue weighted by molar-refractivity contribution is 0.283. The Labute approximate surface area is 111 Å². The fraction of sp³-hybridized carbons (Fsp3) is 0.625. The topological polar surface area (TPSA) is 32.3 Å². The summed E-state index contributed by atoms with van der Waals surface area (Å²) in [7, 11) is 0. The van der Waals surface area contributed by atoms with Gasteiger partial charge in [0.1, 0.15) is 0 Å². The molecule has 0 amide bonds. The molecule has 2 heteroatoms. The van der Waals surface area contributed by atoms with Crippen molar-refractivity contribution in [3.63, 3.8) is 0 Å².